The minimum Gasteiger partial charge on any atom is -0.495 e. The number of nitrogens with zero attached hydrogens (tertiary/aromatic N) is 1. The van der Waals surface area contributed by atoms with E-state index in [0.29, 0.717) is 12.0 Å². The van der Waals surface area contributed by atoms with Gasteiger partial charge in [0.1, 0.15) is 5.75 Å². The summed E-state index contributed by atoms with van der Waals surface area (Å²) in [6.45, 7) is 0. The first-order chi connectivity index (χ1) is 12.7. The number of carbonyl (C=O) groups excluding carboxylic acids is 1. The number of ether oxygens (including phenoxy) is 1. The number of nitro groups is 1. The molecule has 0 radical (unpaired) electrons. The Morgan fingerprint density at radius 3 is 2.44 bits per heavy atom. The summed E-state index contributed by atoms with van der Waals surface area (Å²) in [7, 11) is 1.37. The van der Waals surface area contributed by atoms with Crippen LogP contribution in [0.2, 0.25) is 0 Å². The summed E-state index contributed by atoms with van der Waals surface area (Å²) < 4.78 is 43.0. The Morgan fingerprint density at radius 2 is 1.89 bits per heavy atom. The molecule has 1 aliphatic rings. The SMILES string of the molecule is COc1ccc([N+](=O)[O-])cc1NC(=O)C1CC1c1ccc(C(F)(F)F)cc1. The van der Waals surface area contributed by atoms with Gasteiger partial charge in [0.25, 0.3) is 5.69 Å². The molecular formula is C18H15F3N2O4. The van der Waals surface area contributed by atoms with E-state index in [1.807, 2.05) is 0 Å². The van der Waals surface area contributed by atoms with Crippen LogP contribution in [0.4, 0.5) is 24.5 Å². The summed E-state index contributed by atoms with van der Waals surface area (Å²) in [4.78, 5) is 22.7. The smallest absolute Gasteiger partial charge is 0.416 e. The van der Waals surface area contributed by atoms with Gasteiger partial charge in [-0.2, -0.15) is 13.2 Å². The Kier molecular flexibility index (Phi) is 4.77. The number of benzene rings is 2. The zero-order valence-electron chi connectivity index (χ0n) is 14.1. The predicted octanol–water partition coefficient (Wildman–Crippen LogP) is 4.36. The van der Waals surface area contributed by atoms with Gasteiger partial charge in [-0.1, -0.05) is 12.1 Å². The van der Waals surface area contributed by atoms with E-state index in [1.54, 1.807) is 0 Å². The third-order valence-electron chi connectivity index (χ3n) is 4.45. The van der Waals surface area contributed by atoms with E-state index in [2.05, 4.69) is 5.32 Å². The van der Waals surface area contributed by atoms with Crippen molar-refractivity contribution in [3.8, 4) is 5.75 Å². The fourth-order valence-corrected chi connectivity index (χ4v) is 2.91. The van der Waals surface area contributed by atoms with Crippen LogP contribution in [0.1, 0.15) is 23.5 Å². The van der Waals surface area contributed by atoms with E-state index < -0.39 is 22.6 Å². The molecule has 0 saturated heterocycles. The first kappa shape index (κ1) is 18.7. The van der Waals surface area contributed by atoms with Crippen LogP contribution in [0.5, 0.6) is 5.75 Å². The third-order valence-corrected chi connectivity index (χ3v) is 4.45. The van der Waals surface area contributed by atoms with Crippen LogP contribution in [0.3, 0.4) is 0 Å². The zero-order valence-corrected chi connectivity index (χ0v) is 14.1. The van der Waals surface area contributed by atoms with E-state index in [-0.39, 0.29) is 28.9 Å². The molecule has 1 aliphatic carbocycles. The van der Waals surface area contributed by atoms with Crippen LogP contribution in [-0.4, -0.2) is 17.9 Å². The highest BCUT2D eigenvalue weighted by molar-refractivity contribution is 5.96. The van der Waals surface area contributed by atoms with Gasteiger partial charge in [-0.25, -0.2) is 0 Å². The molecule has 3 rings (SSSR count). The van der Waals surface area contributed by atoms with Crippen molar-refractivity contribution in [3.63, 3.8) is 0 Å². The van der Waals surface area contributed by atoms with Gasteiger partial charge in [0.05, 0.1) is 23.3 Å². The predicted molar refractivity (Wildman–Crippen MR) is 90.6 cm³/mol. The molecule has 0 bridgehead atoms. The quantitative estimate of drug-likeness (QED) is 0.617. The maximum atomic E-state index is 12.6. The maximum Gasteiger partial charge on any atom is 0.416 e. The highest BCUT2D eigenvalue weighted by Crippen LogP contribution is 2.48. The number of non-ortho nitro benzene ring substituents is 1. The molecular weight excluding hydrogens is 365 g/mol. The highest BCUT2D eigenvalue weighted by Gasteiger charge is 2.44. The van der Waals surface area contributed by atoms with Gasteiger partial charge in [0.15, 0.2) is 0 Å². The van der Waals surface area contributed by atoms with Gasteiger partial charge in [-0.05, 0) is 36.1 Å². The number of rotatable bonds is 5. The molecule has 1 saturated carbocycles. The molecule has 9 heteroatoms. The van der Waals surface area contributed by atoms with Gasteiger partial charge in [-0.3, -0.25) is 14.9 Å². The Labute approximate surface area is 152 Å². The number of hydrogen-bond acceptors (Lipinski definition) is 4. The second-order valence-corrected chi connectivity index (χ2v) is 6.20. The van der Waals surface area contributed by atoms with Gasteiger partial charge in [0.2, 0.25) is 5.91 Å². The molecule has 0 aromatic heterocycles. The van der Waals surface area contributed by atoms with Crippen molar-refractivity contribution in [2.24, 2.45) is 5.92 Å². The Hall–Kier alpha value is -3.10. The van der Waals surface area contributed by atoms with Gasteiger partial charge in [-0.15, -0.1) is 0 Å². The Morgan fingerprint density at radius 1 is 1.22 bits per heavy atom. The fraction of sp³-hybridized carbons (Fsp3) is 0.278. The third kappa shape index (κ3) is 4.02. The van der Waals surface area contributed by atoms with E-state index in [9.17, 15) is 28.1 Å². The van der Waals surface area contributed by atoms with Crippen LogP contribution in [-0.2, 0) is 11.0 Å². The standard InChI is InChI=1S/C18H15F3N2O4/c1-27-16-7-6-12(23(25)26)8-15(16)22-17(24)14-9-13(14)10-2-4-11(5-3-10)18(19,20)21/h2-8,13-14H,9H2,1H3,(H,22,24). The summed E-state index contributed by atoms with van der Waals surface area (Å²) in [5.74, 6) is -0.679. The average Bonchev–Trinajstić information content (AvgIpc) is 3.42. The second kappa shape index (κ2) is 6.90. The van der Waals surface area contributed by atoms with Crippen LogP contribution in [0.15, 0.2) is 42.5 Å². The number of methoxy groups -OCH3 is 1. The summed E-state index contributed by atoms with van der Waals surface area (Å²) in [6.07, 6.45) is -3.91. The molecule has 2 aromatic carbocycles. The molecule has 2 aromatic rings. The lowest BCUT2D eigenvalue weighted by Crippen LogP contribution is -2.15. The number of anilines is 1. The van der Waals surface area contributed by atoms with E-state index in [4.69, 9.17) is 4.74 Å². The molecule has 1 fully saturated rings. The van der Waals surface area contributed by atoms with E-state index >= 15 is 0 Å². The van der Waals surface area contributed by atoms with Gasteiger partial charge in [0, 0.05) is 18.1 Å². The van der Waals surface area contributed by atoms with Crippen molar-refractivity contribution < 1.29 is 27.6 Å². The summed E-state index contributed by atoms with van der Waals surface area (Å²) in [5.41, 5.74) is -0.112. The van der Waals surface area contributed by atoms with E-state index in [1.165, 1.54) is 37.4 Å². The van der Waals surface area contributed by atoms with Crippen molar-refractivity contribution in [3.05, 3.63) is 63.7 Å². The fourth-order valence-electron chi connectivity index (χ4n) is 2.91. The average molecular weight is 380 g/mol. The molecule has 0 heterocycles. The van der Waals surface area contributed by atoms with Crippen molar-refractivity contribution in [2.45, 2.75) is 18.5 Å². The monoisotopic (exact) mass is 380 g/mol. The lowest BCUT2D eigenvalue weighted by atomic mass is 10.1. The first-order valence-corrected chi connectivity index (χ1v) is 8.01. The first-order valence-electron chi connectivity index (χ1n) is 8.01. The van der Waals surface area contributed by atoms with Crippen molar-refractivity contribution in [2.75, 3.05) is 12.4 Å². The topological polar surface area (TPSA) is 81.5 Å². The number of nitrogens with one attached hydrogen (secondary N) is 1. The maximum absolute atomic E-state index is 12.6. The lowest BCUT2D eigenvalue weighted by Gasteiger charge is -2.10. The molecule has 27 heavy (non-hydrogen) atoms. The molecule has 142 valence electrons. The number of hydrogen-bond donors (Lipinski definition) is 1. The molecule has 1 amide bonds. The number of alkyl halides is 3. The van der Waals surface area contributed by atoms with Crippen molar-refractivity contribution in [1.29, 1.82) is 0 Å². The summed E-state index contributed by atoms with van der Waals surface area (Å²) in [6, 6.07) is 8.57. The zero-order chi connectivity index (χ0) is 19.8. The van der Waals surface area contributed by atoms with Crippen LogP contribution >= 0.6 is 0 Å². The number of carbonyl (C=O) groups is 1. The molecule has 2 atom stereocenters. The summed E-state index contributed by atoms with van der Waals surface area (Å²) >= 11 is 0. The second-order valence-electron chi connectivity index (χ2n) is 6.20. The van der Waals surface area contributed by atoms with Crippen molar-refractivity contribution in [1.82, 2.24) is 0 Å². The van der Waals surface area contributed by atoms with Gasteiger partial charge >= 0.3 is 6.18 Å². The highest BCUT2D eigenvalue weighted by atomic mass is 19.4. The number of amides is 1. The molecule has 0 spiro atoms. The molecule has 6 nitrogen and oxygen atoms in total. The van der Waals surface area contributed by atoms with Crippen LogP contribution in [0.25, 0.3) is 0 Å². The molecule has 0 aliphatic heterocycles. The number of nitro benzene ring substituents is 1. The minimum absolute atomic E-state index is 0.176. The Bertz CT molecular complexity index is 881. The largest absolute Gasteiger partial charge is 0.495 e. The number of halogens is 3. The Balaban J connectivity index is 1.70. The normalized spacial score (nSPS) is 18.7. The van der Waals surface area contributed by atoms with Gasteiger partial charge < -0.3 is 10.1 Å². The minimum atomic E-state index is -4.41. The molecule has 1 N–H and O–H groups in total. The van der Waals surface area contributed by atoms with Crippen molar-refractivity contribution >= 4 is 17.3 Å². The van der Waals surface area contributed by atoms with Crippen LogP contribution < -0.4 is 10.1 Å². The summed E-state index contributed by atoms with van der Waals surface area (Å²) in [5, 5.41) is 13.5. The molecule has 2 unspecified atom stereocenters. The lowest BCUT2D eigenvalue weighted by molar-refractivity contribution is -0.384. The van der Waals surface area contributed by atoms with Crippen LogP contribution in [0, 0.1) is 16.0 Å². The van der Waals surface area contributed by atoms with E-state index in [0.717, 1.165) is 12.1 Å².